The summed E-state index contributed by atoms with van der Waals surface area (Å²) in [4.78, 5) is 23.4. The Bertz CT molecular complexity index is 853. The van der Waals surface area contributed by atoms with Crippen LogP contribution in [0, 0.1) is 5.82 Å². The average molecular weight is 395 g/mol. The van der Waals surface area contributed by atoms with Gasteiger partial charge in [-0.25, -0.2) is 9.18 Å². The van der Waals surface area contributed by atoms with Crippen molar-refractivity contribution in [3.8, 4) is 11.5 Å². The van der Waals surface area contributed by atoms with Gasteiger partial charge in [-0.15, -0.1) is 0 Å². The number of esters is 1. The Kier molecular flexibility index (Phi) is 7.44. The van der Waals surface area contributed by atoms with Gasteiger partial charge in [-0.2, -0.15) is 8.78 Å². The number of benzene rings is 2. The zero-order valence-corrected chi connectivity index (χ0v) is 14.7. The molecule has 0 heterocycles. The molecule has 6 nitrogen and oxygen atoms in total. The van der Waals surface area contributed by atoms with Crippen LogP contribution in [0.25, 0.3) is 6.08 Å². The minimum atomic E-state index is -2.94. The third-order valence-corrected chi connectivity index (χ3v) is 3.30. The third kappa shape index (κ3) is 6.67. The van der Waals surface area contributed by atoms with E-state index in [1.54, 1.807) is 6.07 Å². The van der Waals surface area contributed by atoms with Gasteiger partial charge in [0.1, 0.15) is 5.75 Å². The molecule has 0 unspecified atom stereocenters. The first-order valence-corrected chi connectivity index (χ1v) is 7.90. The smallest absolute Gasteiger partial charge is 0.387 e. The standard InChI is InChI=1S/C19H16F3NO5/c1-26-16-8-2-12(10-15(16)20)3-9-18(25)27-11-17(24)23-13-4-6-14(7-5-13)28-19(21)22/h2-10,19H,11H2,1H3,(H,23,24)/b9-3+. The molecular formula is C19H16F3NO5. The van der Waals surface area contributed by atoms with Crippen LogP contribution < -0.4 is 14.8 Å². The highest BCUT2D eigenvalue weighted by Crippen LogP contribution is 2.19. The average Bonchev–Trinajstić information content (AvgIpc) is 2.66. The van der Waals surface area contributed by atoms with Crippen LogP contribution in [0.5, 0.6) is 11.5 Å². The second-order valence-corrected chi connectivity index (χ2v) is 5.29. The normalized spacial score (nSPS) is 10.8. The van der Waals surface area contributed by atoms with Gasteiger partial charge >= 0.3 is 12.6 Å². The topological polar surface area (TPSA) is 73.9 Å². The Balaban J connectivity index is 1.80. The number of anilines is 1. The number of hydrogen-bond acceptors (Lipinski definition) is 5. The second-order valence-electron chi connectivity index (χ2n) is 5.29. The van der Waals surface area contributed by atoms with E-state index in [0.29, 0.717) is 11.3 Å². The summed E-state index contributed by atoms with van der Waals surface area (Å²) in [7, 11) is 1.34. The lowest BCUT2D eigenvalue weighted by Gasteiger charge is -2.07. The molecule has 0 bridgehead atoms. The van der Waals surface area contributed by atoms with Gasteiger partial charge in [0, 0.05) is 11.8 Å². The van der Waals surface area contributed by atoms with E-state index in [1.165, 1.54) is 49.6 Å². The van der Waals surface area contributed by atoms with Crippen LogP contribution in [0.3, 0.4) is 0 Å². The zero-order valence-electron chi connectivity index (χ0n) is 14.7. The predicted octanol–water partition coefficient (Wildman–Crippen LogP) is 3.63. The van der Waals surface area contributed by atoms with E-state index in [-0.39, 0.29) is 11.5 Å². The maximum atomic E-state index is 13.5. The molecule has 1 amide bonds. The first-order valence-electron chi connectivity index (χ1n) is 7.90. The second kappa shape index (κ2) is 10.0. The largest absolute Gasteiger partial charge is 0.494 e. The van der Waals surface area contributed by atoms with Gasteiger partial charge in [0.2, 0.25) is 0 Å². The molecule has 0 atom stereocenters. The van der Waals surface area contributed by atoms with Crippen molar-refractivity contribution < 1.29 is 37.0 Å². The van der Waals surface area contributed by atoms with Crippen LogP contribution in [0.2, 0.25) is 0 Å². The van der Waals surface area contributed by atoms with E-state index >= 15 is 0 Å². The fraction of sp³-hybridized carbons (Fsp3) is 0.158. The first kappa shape index (κ1) is 20.8. The SMILES string of the molecule is COc1ccc(/C=C/C(=O)OCC(=O)Nc2ccc(OC(F)F)cc2)cc1F. The summed E-state index contributed by atoms with van der Waals surface area (Å²) in [5.74, 6) is -1.99. The van der Waals surface area contributed by atoms with E-state index in [2.05, 4.69) is 10.1 Å². The zero-order chi connectivity index (χ0) is 20.5. The van der Waals surface area contributed by atoms with Crippen LogP contribution in [0.4, 0.5) is 18.9 Å². The van der Waals surface area contributed by atoms with Gasteiger partial charge in [0.25, 0.3) is 5.91 Å². The summed E-state index contributed by atoms with van der Waals surface area (Å²) in [6.07, 6.45) is 2.37. The Morgan fingerprint density at radius 3 is 2.46 bits per heavy atom. The highest BCUT2D eigenvalue weighted by molar-refractivity contribution is 5.94. The van der Waals surface area contributed by atoms with E-state index in [9.17, 15) is 22.8 Å². The van der Waals surface area contributed by atoms with Crippen LogP contribution in [-0.4, -0.2) is 32.2 Å². The van der Waals surface area contributed by atoms with Crippen LogP contribution in [0.15, 0.2) is 48.5 Å². The minimum absolute atomic E-state index is 0.0560. The van der Waals surface area contributed by atoms with Crippen LogP contribution >= 0.6 is 0 Å². The Morgan fingerprint density at radius 1 is 1.14 bits per heavy atom. The highest BCUT2D eigenvalue weighted by atomic mass is 19.3. The predicted molar refractivity (Wildman–Crippen MR) is 94.6 cm³/mol. The van der Waals surface area contributed by atoms with Gasteiger partial charge in [-0.1, -0.05) is 6.07 Å². The van der Waals surface area contributed by atoms with Crippen molar-refractivity contribution >= 4 is 23.6 Å². The molecule has 0 spiro atoms. The number of nitrogens with one attached hydrogen (secondary N) is 1. The summed E-state index contributed by atoms with van der Waals surface area (Å²) in [5, 5.41) is 2.42. The van der Waals surface area contributed by atoms with Crippen molar-refractivity contribution in [2.24, 2.45) is 0 Å². The monoisotopic (exact) mass is 395 g/mol. The van der Waals surface area contributed by atoms with Crippen molar-refractivity contribution in [3.05, 3.63) is 59.9 Å². The fourth-order valence-electron chi connectivity index (χ4n) is 2.05. The number of rotatable bonds is 8. The molecule has 28 heavy (non-hydrogen) atoms. The Morgan fingerprint density at radius 2 is 1.86 bits per heavy atom. The maximum absolute atomic E-state index is 13.5. The van der Waals surface area contributed by atoms with Crippen LogP contribution in [0.1, 0.15) is 5.56 Å². The molecule has 0 radical (unpaired) electrons. The maximum Gasteiger partial charge on any atom is 0.387 e. The molecule has 1 N–H and O–H groups in total. The van der Waals surface area contributed by atoms with Gasteiger partial charge < -0.3 is 19.5 Å². The number of carbonyl (C=O) groups excluding carboxylic acids is 2. The third-order valence-electron chi connectivity index (χ3n) is 3.30. The van der Waals surface area contributed by atoms with Crippen molar-refractivity contribution in [3.63, 3.8) is 0 Å². The van der Waals surface area contributed by atoms with Crippen molar-refractivity contribution in [2.75, 3.05) is 19.0 Å². The molecule has 0 fully saturated rings. The minimum Gasteiger partial charge on any atom is -0.494 e. The molecule has 0 aliphatic carbocycles. The van der Waals surface area contributed by atoms with E-state index in [1.807, 2.05) is 0 Å². The molecule has 0 saturated carbocycles. The molecule has 0 saturated heterocycles. The fourth-order valence-corrected chi connectivity index (χ4v) is 2.05. The van der Waals surface area contributed by atoms with E-state index in [0.717, 1.165) is 6.08 Å². The molecule has 2 aromatic carbocycles. The Hall–Kier alpha value is -3.49. The van der Waals surface area contributed by atoms with Crippen molar-refractivity contribution in [2.45, 2.75) is 6.61 Å². The molecule has 0 aliphatic rings. The molecule has 2 aromatic rings. The molecule has 0 aromatic heterocycles. The van der Waals surface area contributed by atoms with Gasteiger partial charge in [-0.05, 0) is 48.0 Å². The number of methoxy groups -OCH3 is 1. The number of carbonyl (C=O) groups is 2. The summed E-state index contributed by atoms with van der Waals surface area (Å²) < 4.78 is 51.4. The summed E-state index contributed by atoms with van der Waals surface area (Å²) >= 11 is 0. The molecule has 0 aliphatic heterocycles. The van der Waals surface area contributed by atoms with Crippen molar-refractivity contribution in [1.82, 2.24) is 0 Å². The van der Waals surface area contributed by atoms with E-state index < -0.39 is 30.9 Å². The number of amides is 1. The van der Waals surface area contributed by atoms with Gasteiger partial charge in [-0.3, -0.25) is 4.79 Å². The molecular weight excluding hydrogens is 379 g/mol. The molecule has 2 rings (SSSR count). The van der Waals surface area contributed by atoms with Gasteiger partial charge in [0.05, 0.1) is 7.11 Å². The lowest BCUT2D eigenvalue weighted by Crippen LogP contribution is -2.20. The molecule has 9 heteroatoms. The lowest BCUT2D eigenvalue weighted by molar-refractivity contribution is -0.142. The summed E-state index contributed by atoms with van der Waals surface area (Å²) in [6.45, 7) is -3.50. The molecule has 148 valence electrons. The Labute approximate surface area is 158 Å². The van der Waals surface area contributed by atoms with E-state index in [4.69, 9.17) is 9.47 Å². The number of halogens is 3. The lowest BCUT2D eigenvalue weighted by atomic mass is 10.2. The van der Waals surface area contributed by atoms with Crippen LogP contribution in [-0.2, 0) is 14.3 Å². The van der Waals surface area contributed by atoms with Gasteiger partial charge in [0.15, 0.2) is 18.2 Å². The van der Waals surface area contributed by atoms with Crippen molar-refractivity contribution in [1.29, 1.82) is 0 Å². The number of alkyl halides is 2. The highest BCUT2D eigenvalue weighted by Gasteiger charge is 2.08. The quantitative estimate of drug-likeness (QED) is 0.546. The summed E-state index contributed by atoms with van der Waals surface area (Å²) in [6, 6.07) is 9.35. The first-order chi connectivity index (χ1) is 13.4. The number of hydrogen-bond donors (Lipinski definition) is 1. The number of ether oxygens (including phenoxy) is 3. The summed E-state index contributed by atoms with van der Waals surface area (Å²) in [5.41, 5.74) is 0.720.